The topological polar surface area (TPSA) is 47.6 Å². The van der Waals surface area contributed by atoms with Crippen molar-refractivity contribution in [1.29, 1.82) is 0 Å². The lowest BCUT2D eigenvalue weighted by Crippen LogP contribution is -2.35. The average molecular weight is 395 g/mol. The van der Waals surface area contributed by atoms with Crippen LogP contribution in [0, 0.1) is 5.82 Å². The molecular formula is C24H26FNO3. The molecule has 5 heteroatoms. The average Bonchev–Trinajstić information content (AvgIpc) is 3.23. The molecule has 0 radical (unpaired) electrons. The number of nitrogens with one attached hydrogen (secondary N) is 1. The minimum atomic E-state index is -0.309. The number of hydrogen-bond acceptors (Lipinski definition) is 3. The molecule has 1 atom stereocenters. The summed E-state index contributed by atoms with van der Waals surface area (Å²) in [7, 11) is 1.65. The molecule has 1 N–H and O–H groups in total. The molecule has 0 aromatic heterocycles. The van der Waals surface area contributed by atoms with Gasteiger partial charge in [-0.2, -0.15) is 0 Å². The minimum absolute atomic E-state index is 0.0959. The molecule has 1 heterocycles. The molecule has 4 nitrogen and oxygen atoms in total. The molecule has 1 aliphatic heterocycles. The number of carbonyl (C=O) groups excluding carboxylic acids is 1. The Labute approximate surface area is 170 Å². The number of ether oxygens (including phenoxy) is 2. The summed E-state index contributed by atoms with van der Waals surface area (Å²) in [5.74, 6) is 1.22. The third-order valence-corrected chi connectivity index (χ3v) is 5.71. The van der Waals surface area contributed by atoms with Gasteiger partial charge in [0.2, 0.25) is 5.91 Å². The monoisotopic (exact) mass is 395 g/mol. The smallest absolute Gasteiger partial charge is 0.247 e. The maximum Gasteiger partial charge on any atom is 0.247 e. The highest BCUT2D eigenvalue weighted by molar-refractivity contribution is 5.98. The van der Waals surface area contributed by atoms with E-state index >= 15 is 0 Å². The van der Waals surface area contributed by atoms with E-state index in [4.69, 9.17) is 9.47 Å². The number of carbonyl (C=O) groups is 1. The summed E-state index contributed by atoms with van der Waals surface area (Å²) in [4.78, 5) is 12.3. The predicted octanol–water partition coefficient (Wildman–Crippen LogP) is 4.84. The van der Waals surface area contributed by atoms with Crippen LogP contribution >= 0.6 is 0 Å². The zero-order valence-corrected chi connectivity index (χ0v) is 16.6. The van der Waals surface area contributed by atoms with Gasteiger partial charge in [-0.3, -0.25) is 4.79 Å². The SMILES string of the molecule is COc1ccc([C@H]2CNC(=O)C(=Cc3cccc(F)c3)C2)cc1OC1CCCC1. The summed E-state index contributed by atoms with van der Waals surface area (Å²) in [6.45, 7) is 0.564. The molecule has 152 valence electrons. The number of amides is 1. The highest BCUT2D eigenvalue weighted by Gasteiger charge is 2.26. The number of benzene rings is 2. The van der Waals surface area contributed by atoms with E-state index in [1.165, 1.54) is 25.0 Å². The molecule has 1 saturated carbocycles. The van der Waals surface area contributed by atoms with Crippen LogP contribution in [0.25, 0.3) is 6.08 Å². The molecule has 1 amide bonds. The Bertz CT molecular complexity index is 918. The van der Waals surface area contributed by atoms with E-state index in [9.17, 15) is 9.18 Å². The van der Waals surface area contributed by atoms with Crippen molar-refractivity contribution in [3.8, 4) is 11.5 Å². The van der Waals surface area contributed by atoms with E-state index < -0.39 is 0 Å². The van der Waals surface area contributed by atoms with Crippen molar-refractivity contribution in [1.82, 2.24) is 5.32 Å². The number of halogens is 1. The van der Waals surface area contributed by atoms with Crippen LogP contribution in [0.2, 0.25) is 0 Å². The molecule has 2 aliphatic rings. The molecule has 2 aromatic rings. The van der Waals surface area contributed by atoms with Crippen molar-refractivity contribution >= 4 is 12.0 Å². The Hall–Kier alpha value is -2.82. The van der Waals surface area contributed by atoms with E-state index in [1.54, 1.807) is 25.3 Å². The first-order valence-corrected chi connectivity index (χ1v) is 10.2. The molecule has 29 heavy (non-hydrogen) atoms. The quantitative estimate of drug-likeness (QED) is 0.737. The summed E-state index contributed by atoms with van der Waals surface area (Å²) < 4.78 is 25.2. The van der Waals surface area contributed by atoms with Crippen molar-refractivity contribution in [3.63, 3.8) is 0 Å². The van der Waals surface area contributed by atoms with Gasteiger partial charge in [-0.15, -0.1) is 0 Å². The second-order valence-corrected chi connectivity index (χ2v) is 7.77. The number of piperidine rings is 1. The van der Waals surface area contributed by atoms with Crippen LogP contribution in [-0.2, 0) is 4.79 Å². The van der Waals surface area contributed by atoms with Gasteiger partial charge in [0.05, 0.1) is 13.2 Å². The second-order valence-electron chi connectivity index (χ2n) is 7.77. The van der Waals surface area contributed by atoms with Gasteiger partial charge in [0.15, 0.2) is 11.5 Å². The van der Waals surface area contributed by atoms with E-state index in [2.05, 4.69) is 5.32 Å². The highest BCUT2D eigenvalue weighted by Crippen LogP contribution is 2.36. The van der Waals surface area contributed by atoms with Crippen LogP contribution in [0.1, 0.15) is 49.1 Å². The number of methoxy groups -OCH3 is 1. The van der Waals surface area contributed by atoms with Crippen LogP contribution < -0.4 is 14.8 Å². The first kappa shape index (κ1) is 19.5. The standard InChI is InChI=1S/C24H26FNO3/c1-28-22-10-9-17(14-23(22)29-21-7-2-3-8-21)19-13-18(24(27)26-15-19)11-16-5-4-6-20(25)12-16/h4-6,9-12,14,19,21H,2-3,7-8,13,15H2,1H3,(H,26,27)/t19-/m1/s1. The van der Waals surface area contributed by atoms with Crippen LogP contribution in [0.3, 0.4) is 0 Å². The molecule has 2 aromatic carbocycles. The van der Waals surface area contributed by atoms with Gasteiger partial charge in [-0.05, 0) is 73.6 Å². The normalized spacial score (nSPS) is 21.2. The van der Waals surface area contributed by atoms with Gasteiger partial charge in [-0.1, -0.05) is 18.2 Å². The van der Waals surface area contributed by atoms with Crippen LogP contribution in [0.4, 0.5) is 4.39 Å². The number of hydrogen-bond donors (Lipinski definition) is 1. The maximum atomic E-state index is 13.5. The summed E-state index contributed by atoms with van der Waals surface area (Å²) >= 11 is 0. The highest BCUT2D eigenvalue weighted by atomic mass is 19.1. The van der Waals surface area contributed by atoms with Crippen molar-refractivity contribution in [3.05, 3.63) is 65.0 Å². The van der Waals surface area contributed by atoms with E-state index in [0.717, 1.165) is 29.9 Å². The van der Waals surface area contributed by atoms with Crippen LogP contribution in [0.15, 0.2) is 48.0 Å². The van der Waals surface area contributed by atoms with Gasteiger partial charge in [0.1, 0.15) is 5.82 Å². The molecule has 2 fully saturated rings. The fraction of sp³-hybridized carbons (Fsp3) is 0.375. The molecular weight excluding hydrogens is 369 g/mol. The Morgan fingerprint density at radius 3 is 2.69 bits per heavy atom. The van der Waals surface area contributed by atoms with Crippen molar-refractivity contribution in [2.75, 3.05) is 13.7 Å². The lowest BCUT2D eigenvalue weighted by molar-refractivity contribution is -0.118. The molecule has 1 aliphatic carbocycles. The van der Waals surface area contributed by atoms with Gasteiger partial charge in [-0.25, -0.2) is 4.39 Å². The van der Waals surface area contributed by atoms with E-state index in [-0.39, 0.29) is 23.7 Å². The first-order chi connectivity index (χ1) is 14.1. The van der Waals surface area contributed by atoms with Crippen molar-refractivity contribution in [2.24, 2.45) is 0 Å². The fourth-order valence-corrected chi connectivity index (χ4v) is 4.14. The van der Waals surface area contributed by atoms with Crippen molar-refractivity contribution in [2.45, 2.75) is 44.1 Å². The Kier molecular flexibility index (Phi) is 5.84. The Morgan fingerprint density at radius 1 is 1.10 bits per heavy atom. The zero-order chi connectivity index (χ0) is 20.2. The van der Waals surface area contributed by atoms with Gasteiger partial charge >= 0.3 is 0 Å². The Balaban J connectivity index is 1.56. The summed E-state index contributed by atoms with van der Waals surface area (Å²) in [6.07, 6.45) is 7.17. The van der Waals surface area contributed by atoms with Gasteiger partial charge in [0, 0.05) is 18.0 Å². The first-order valence-electron chi connectivity index (χ1n) is 10.2. The van der Waals surface area contributed by atoms with Crippen LogP contribution in [0.5, 0.6) is 11.5 Å². The Morgan fingerprint density at radius 2 is 1.93 bits per heavy atom. The fourth-order valence-electron chi connectivity index (χ4n) is 4.14. The summed E-state index contributed by atoms with van der Waals surface area (Å²) in [6, 6.07) is 12.3. The van der Waals surface area contributed by atoms with Gasteiger partial charge in [0.25, 0.3) is 0 Å². The summed E-state index contributed by atoms with van der Waals surface area (Å²) in [5.41, 5.74) is 2.45. The molecule has 0 unspecified atom stereocenters. The number of rotatable bonds is 5. The molecule has 4 rings (SSSR count). The van der Waals surface area contributed by atoms with E-state index in [1.807, 2.05) is 18.2 Å². The van der Waals surface area contributed by atoms with Crippen LogP contribution in [-0.4, -0.2) is 25.7 Å². The minimum Gasteiger partial charge on any atom is -0.493 e. The summed E-state index contributed by atoms with van der Waals surface area (Å²) in [5, 5.41) is 2.96. The largest absolute Gasteiger partial charge is 0.493 e. The van der Waals surface area contributed by atoms with E-state index in [0.29, 0.717) is 24.1 Å². The molecule has 1 saturated heterocycles. The lowest BCUT2D eigenvalue weighted by atomic mass is 9.87. The van der Waals surface area contributed by atoms with Crippen molar-refractivity contribution < 1.29 is 18.7 Å². The van der Waals surface area contributed by atoms with Gasteiger partial charge < -0.3 is 14.8 Å². The molecule has 0 spiro atoms. The maximum absolute atomic E-state index is 13.5. The second kappa shape index (κ2) is 8.68. The third kappa shape index (κ3) is 4.61. The molecule has 0 bridgehead atoms. The zero-order valence-electron chi connectivity index (χ0n) is 16.6. The third-order valence-electron chi connectivity index (χ3n) is 5.71. The predicted molar refractivity (Wildman–Crippen MR) is 111 cm³/mol. The lowest BCUT2D eigenvalue weighted by Gasteiger charge is -2.26.